The monoisotopic (exact) mass is 337 g/mol. The van der Waals surface area contributed by atoms with Crippen LogP contribution in [0, 0.1) is 16.7 Å². The molecule has 0 aliphatic heterocycles. The van der Waals surface area contributed by atoms with Crippen LogP contribution in [0.5, 0.6) is 0 Å². The van der Waals surface area contributed by atoms with Crippen molar-refractivity contribution in [3.8, 4) is 0 Å². The lowest BCUT2D eigenvalue weighted by molar-refractivity contribution is 0.0925. The summed E-state index contributed by atoms with van der Waals surface area (Å²) in [5, 5.41) is 0. The second-order valence-electron chi connectivity index (χ2n) is 7.61. The molecular formula is C18H28BrN. The molecule has 1 aliphatic carbocycles. The van der Waals surface area contributed by atoms with Crippen LogP contribution in [-0.2, 0) is 6.42 Å². The fraction of sp³-hybridized carbons (Fsp3) is 0.667. The molecule has 0 spiro atoms. The largest absolute Gasteiger partial charge is 0.330 e. The highest BCUT2D eigenvalue weighted by Gasteiger charge is 2.38. The molecule has 2 heteroatoms. The Morgan fingerprint density at radius 2 is 1.80 bits per heavy atom. The van der Waals surface area contributed by atoms with Gasteiger partial charge in [0.05, 0.1) is 0 Å². The molecule has 0 saturated heterocycles. The topological polar surface area (TPSA) is 26.0 Å². The quantitative estimate of drug-likeness (QED) is 0.808. The smallest absolute Gasteiger partial charge is 0.0207 e. The average Bonchev–Trinajstić information content (AvgIpc) is 2.41. The van der Waals surface area contributed by atoms with E-state index < -0.39 is 0 Å². The molecule has 20 heavy (non-hydrogen) atoms. The maximum absolute atomic E-state index is 6.18. The Balaban J connectivity index is 2.08. The van der Waals surface area contributed by atoms with Crippen LogP contribution in [-0.4, -0.2) is 6.54 Å². The van der Waals surface area contributed by atoms with Gasteiger partial charge in [0.2, 0.25) is 0 Å². The number of hydrogen-bond acceptors (Lipinski definition) is 1. The third-order valence-corrected chi connectivity index (χ3v) is 6.00. The van der Waals surface area contributed by atoms with Gasteiger partial charge in [-0.25, -0.2) is 0 Å². The minimum Gasteiger partial charge on any atom is -0.330 e. The predicted molar refractivity (Wildman–Crippen MR) is 90.7 cm³/mol. The summed E-state index contributed by atoms with van der Waals surface area (Å²) in [6.45, 7) is 7.94. The van der Waals surface area contributed by atoms with Crippen molar-refractivity contribution in [2.24, 2.45) is 22.5 Å². The lowest BCUT2D eigenvalue weighted by Gasteiger charge is -2.44. The second kappa shape index (κ2) is 6.19. The van der Waals surface area contributed by atoms with Gasteiger partial charge in [-0.15, -0.1) is 0 Å². The number of benzene rings is 1. The van der Waals surface area contributed by atoms with Gasteiger partial charge in [0.15, 0.2) is 0 Å². The standard InChI is InChI=1S/C18H28BrN/c1-17(2,3)15-8-10-18(13-20,11-9-15)12-14-6-4-5-7-16(14)19/h4-7,15H,8-13,20H2,1-3H3. The summed E-state index contributed by atoms with van der Waals surface area (Å²) in [7, 11) is 0. The normalized spacial score (nSPS) is 27.6. The Hall–Kier alpha value is -0.340. The van der Waals surface area contributed by atoms with Crippen LogP contribution in [0.1, 0.15) is 52.0 Å². The highest BCUT2D eigenvalue weighted by Crippen LogP contribution is 2.46. The van der Waals surface area contributed by atoms with Gasteiger partial charge in [-0.05, 0) is 67.0 Å². The van der Waals surface area contributed by atoms with Crippen molar-refractivity contribution < 1.29 is 0 Å². The van der Waals surface area contributed by atoms with Crippen molar-refractivity contribution in [2.75, 3.05) is 6.54 Å². The highest BCUT2D eigenvalue weighted by molar-refractivity contribution is 9.10. The number of nitrogens with two attached hydrogens (primary N) is 1. The van der Waals surface area contributed by atoms with Crippen molar-refractivity contribution >= 4 is 15.9 Å². The molecule has 2 rings (SSSR count). The summed E-state index contributed by atoms with van der Waals surface area (Å²) in [6.07, 6.45) is 6.30. The molecule has 0 unspecified atom stereocenters. The van der Waals surface area contributed by atoms with Crippen molar-refractivity contribution in [1.82, 2.24) is 0 Å². The van der Waals surface area contributed by atoms with Gasteiger partial charge < -0.3 is 5.73 Å². The first-order chi connectivity index (χ1) is 9.36. The van der Waals surface area contributed by atoms with Crippen molar-refractivity contribution in [1.29, 1.82) is 0 Å². The molecule has 1 aromatic rings. The molecule has 1 aliphatic rings. The van der Waals surface area contributed by atoms with Gasteiger partial charge in [0, 0.05) is 4.47 Å². The Morgan fingerprint density at radius 3 is 2.30 bits per heavy atom. The Morgan fingerprint density at radius 1 is 1.20 bits per heavy atom. The SMILES string of the molecule is CC(C)(C)C1CCC(CN)(Cc2ccccc2Br)CC1. The van der Waals surface area contributed by atoms with Crippen LogP contribution in [0.2, 0.25) is 0 Å². The van der Waals surface area contributed by atoms with Gasteiger partial charge in [-0.3, -0.25) is 0 Å². The summed E-state index contributed by atoms with van der Waals surface area (Å²) < 4.78 is 1.23. The first-order valence-electron chi connectivity index (χ1n) is 7.80. The Labute approximate surface area is 132 Å². The van der Waals surface area contributed by atoms with E-state index in [1.54, 1.807) is 0 Å². The molecule has 0 heterocycles. The fourth-order valence-corrected chi connectivity index (χ4v) is 4.02. The molecule has 1 nitrogen and oxygen atoms in total. The minimum absolute atomic E-state index is 0.311. The molecule has 0 aromatic heterocycles. The van der Waals surface area contributed by atoms with E-state index in [2.05, 4.69) is 61.0 Å². The Bertz CT molecular complexity index is 439. The van der Waals surface area contributed by atoms with E-state index in [4.69, 9.17) is 5.73 Å². The van der Waals surface area contributed by atoms with Crippen molar-refractivity contribution in [3.63, 3.8) is 0 Å². The Kier molecular flexibility index (Phi) is 4.96. The molecule has 1 fully saturated rings. The van der Waals surface area contributed by atoms with Crippen molar-refractivity contribution in [3.05, 3.63) is 34.3 Å². The zero-order chi connectivity index (χ0) is 14.8. The fourth-order valence-electron chi connectivity index (χ4n) is 3.60. The summed E-state index contributed by atoms with van der Waals surface area (Å²) in [5.41, 5.74) is 8.33. The second-order valence-corrected chi connectivity index (χ2v) is 8.47. The van der Waals surface area contributed by atoms with Crippen LogP contribution in [0.15, 0.2) is 28.7 Å². The van der Waals surface area contributed by atoms with E-state index in [1.807, 2.05) is 0 Å². The molecule has 0 radical (unpaired) electrons. The summed E-state index contributed by atoms with van der Waals surface area (Å²) in [5.74, 6) is 0.849. The van der Waals surface area contributed by atoms with Crippen LogP contribution >= 0.6 is 15.9 Å². The molecule has 1 saturated carbocycles. The first-order valence-corrected chi connectivity index (χ1v) is 8.59. The minimum atomic E-state index is 0.311. The van der Waals surface area contributed by atoms with Gasteiger partial charge in [-0.2, -0.15) is 0 Å². The van der Waals surface area contributed by atoms with Gasteiger partial charge >= 0.3 is 0 Å². The maximum atomic E-state index is 6.18. The van der Waals surface area contributed by atoms with Gasteiger partial charge in [0.25, 0.3) is 0 Å². The molecule has 0 bridgehead atoms. The average molecular weight is 338 g/mol. The summed E-state index contributed by atoms with van der Waals surface area (Å²) >= 11 is 3.68. The van der Waals surface area contributed by atoms with E-state index >= 15 is 0 Å². The summed E-state index contributed by atoms with van der Waals surface area (Å²) in [6, 6.07) is 8.59. The molecule has 0 amide bonds. The lowest BCUT2D eigenvalue weighted by atomic mass is 9.62. The third-order valence-electron chi connectivity index (χ3n) is 5.23. The van der Waals surface area contributed by atoms with Gasteiger partial charge in [-0.1, -0.05) is 54.9 Å². The van der Waals surface area contributed by atoms with E-state index in [9.17, 15) is 0 Å². The summed E-state index contributed by atoms with van der Waals surface area (Å²) in [4.78, 5) is 0. The first kappa shape index (κ1) is 16.0. The zero-order valence-corrected chi connectivity index (χ0v) is 14.7. The van der Waals surface area contributed by atoms with Crippen LogP contribution in [0.4, 0.5) is 0 Å². The molecule has 1 aromatic carbocycles. The zero-order valence-electron chi connectivity index (χ0n) is 13.1. The maximum Gasteiger partial charge on any atom is 0.0207 e. The predicted octanol–water partition coefficient (Wildman–Crippen LogP) is 5.17. The number of halogens is 1. The third kappa shape index (κ3) is 3.65. The molecule has 112 valence electrons. The number of rotatable bonds is 3. The lowest BCUT2D eigenvalue weighted by Crippen LogP contribution is -2.39. The van der Waals surface area contributed by atoms with Crippen LogP contribution < -0.4 is 5.73 Å². The van der Waals surface area contributed by atoms with Crippen LogP contribution in [0.25, 0.3) is 0 Å². The molecular weight excluding hydrogens is 310 g/mol. The van der Waals surface area contributed by atoms with E-state index in [1.165, 1.54) is 35.7 Å². The van der Waals surface area contributed by atoms with E-state index in [0.717, 1.165) is 18.9 Å². The van der Waals surface area contributed by atoms with Crippen LogP contribution in [0.3, 0.4) is 0 Å². The molecule has 2 N–H and O–H groups in total. The van der Waals surface area contributed by atoms with Crippen molar-refractivity contribution in [2.45, 2.75) is 52.9 Å². The van der Waals surface area contributed by atoms with Gasteiger partial charge in [0.1, 0.15) is 0 Å². The molecule has 0 atom stereocenters. The number of hydrogen-bond donors (Lipinski definition) is 1. The highest BCUT2D eigenvalue weighted by atomic mass is 79.9. The van der Waals surface area contributed by atoms with E-state index in [0.29, 0.717) is 10.8 Å². The van der Waals surface area contributed by atoms with E-state index in [-0.39, 0.29) is 0 Å².